The van der Waals surface area contributed by atoms with Crippen molar-refractivity contribution < 1.29 is 9.59 Å². The van der Waals surface area contributed by atoms with Gasteiger partial charge in [-0.3, -0.25) is 9.59 Å². The van der Waals surface area contributed by atoms with Crippen LogP contribution in [0.5, 0.6) is 0 Å². The number of fused-ring (bicyclic) bond motifs is 1. The molecule has 1 heterocycles. The van der Waals surface area contributed by atoms with Crippen molar-refractivity contribution in [1.82, 2.24) is 10.2 Å². The first kappa shape index (κ1) is 25.5. The summed E-state index contributed by atoms with van der Waals surface area (Å²) in [6.45, 7) is 21.5. The minimum atomic E-state index is -0.258. The Morgan fingerprint density at radius 1 is 1.26 bits per heavy atom. The van der Waals surface area contributed by atoms with Gasteiger partial charge < -0.3 is 16.0 Å². The number of rotatable bonds is 4. The first-order valence-electron chi connectivity index (χ1n) is 10.3. The number of hydrogen-bond donors (Lipinski definition) is 2. The van der Waals surface area contributed by atoms with E-state index in [1.165, 1.54) is 12.6 Å². The average molecular weight is 382 g/mol. The highest BCUT2D eigenvalue weighted by Crippen LogP contribution is 2.64. The maximum atomic E-state index is 12.6. The van der Waals surface area contributed by atoms with E-state index in [4.69, 9.17) is 0 Å². The van der Waals surface area contributed by atoms with Crippen molar-refractivity contribution in [2.24, 2.45) is 28.4 Å². The molecule has 3 atom stereocenters. The molecule has 0 aromatic heterocycles. The van der Waals surface area contributed by atoms with Crippen LogP contribution in [0, 0.1) is 22.7 Å². The van der Waals surface area contributed by atoms with Crippen LogP contribution in [0.1, 0.15) is 74.7 Å². The summed E-state index contributed by atoms with van der Waals surface area (Å²) in [4.78, 5) is 26.9. The van der Waals surface area contributed by atoms with Crippen molar-refractivity contribution >= 4 is 11.8 Å². The average Bonchev–Trinajstić information content (AvgIpc) is 2.90. The molecule has 0 unspecified atom stereocenters. The first-order valence-corrected chi connectivity index (χ1v) is 10.3. The highest BCUT2D eigenvalue weighted by atomic mass is 16.2. The minimum absolute atomic E-state index is 0.0379. The van der Waals surface area contributed by atoms with Crippen molar-refractivity contribution in [3.8, 4) is 0 Å². The fraction of sp³-hybridized carbons (Fsp3) is 0.818. The second-order valence-electron chi connectivity index (χ2n) is 9.42. The van der Waals surface area contributed by atoms with E-state index in [9.17, 15) is 9.59 Å². The quantitative estimate of drug-likeness (QED) is 0.774. The summed E-state index contributed by atoms with van der Waals surface area (Å²) < 4.78 is 0. The molecule has 5 nitrogen and oxygen atoms in total. The third kappa shape index (κ3) is 7.19. The van der Waals surface area contributed by atoms with Gasteiger partial charge in [0.2, 0.25) is 11.8 Å². The number of amides is 2. The van der Waals surface area contributed by atoms with Gasteiger partial charge in [-0.15, -0.1) is 0 Å². The minimum Gasteiger partial charge on any atom is -0.405 e. The number of nitrogens with zero attached hydrogens (tertiary/aromatic N) is 1. The Labute approximate surface area is 167 Å². The van der Waals surface area contributed by atoms with Crippen LogP contribution in [-0.4, -0.2) is 35.8 Å². The standard InChI is InChI=1S/C17H30N2O2.C3H8.C2H5N/c1-7-8-18-15(21)14-13-11(17(13,5)6)10-19(14)12(20)9-16(2,3)4;1-3-2;1-2-3/h11,13-14H,7-10H2,1-6H3,(H,18,21);3H2,1-2H3;2H,1,3H2/t11-,13-,14-;;/m0../s1. The molecule has 5 heteroatoms. The van der Waals surface area contributed by atoms with Crippen molar-refractivity contribution in [2.45, 2.75) is 80.7 Å². The van der Waals surface area contributed by atoms with Gasteiger partial charge in [0, 0.05) is 19.5 Å². The number of carbonyl (C=O) groups excluding carboxylic acids is 2. The predicted molar refractivity (Wildman–Crippen MR) is 114 cm³/mol. The number of carbonyl (C=O) groups is 2. The molecule has 1 aliphatic carbocycles. The lowest BCUT2D eigenvalue weighted by atomic mass is 9.91. The van der Waals surface area contributed by atoms with Crippen LogP contribution in [-0.2, 0) is 9.59 Å². The zero-order valence-corrected chi connectivity index (χ0v) is 18.9. The van der Waals surface area contributed by atoms with E-state index in [-0.39, 0.29) is 28.7 Å². The molecule has 2 rings (SSSR count). The molecule has 0 aromatic carbocycles. The monoisotopic (exact) mass is 381 g/mol. The lowest BCUT2D eigenvalue weighted by molar-refractivity contribution is -0.141. The van der Waals surface area contributed by atoms with Gasteiger partial charge in [-0.2, -0.15) is 0 Å². The maximum Gasteiger partial charge on any atom is 0.243 e. The van der Waals surface area contributed by atoms with Gasteiger partial charge >= 0.3 is 0 Å². The lowest BCUT2D eigenvalue weighted by Gasteiger charge is -2.32. The molecule has 0 bridgehead atoms. The van der Waals surface area contributed by atoms with Crippen LogP contribution < -0.4 is 11.1 Å². The highest BCUT2D eigenvalue weighted by Gasteiger charge is 2.69. The summed E-state index contributed by atoms with van der Waals surface area (Å²) in [6, 6.07) is -0.258. The summed E-state index contributed by atoms with van der Waals surface area (Å²) in [7, 11) is 0. The molecule has 0 radical (unpaired) electrons. The van der Waals surface area contributed by atoms with Crippen LogP contribution in [0.2, 0.25) is 0 Å². The van der Waals surface area contributed by atoms with Crippen molar-refractivity contribution in [3.63, 3.8) is 0 Å². The van der Waals surface area contributed by atoms with E-state index in [0.29, 0.717) is 24.8 Å². The number of nitrogens with one attached hydrogen (secondary N) is 1. The fourth-order valence-electron chi connectivity index (χ4n) is 3.75. The van der Waals surface area contributed by atoms with Crippen LogP contribution in [0.15, 0.2) is 12.8 Å². The molecule has 2 fully saturated rings. The molecular weight excluding hydrogens is 338 g/mol. The molecule has 158 valence electrons. The van der Waals surface area contributed by atoms with Crippen molar-refractivity contribution in [2.75, 3.05) is 13.1 Å². The van der Waals surface area contributed by atoms with Gasteiger partial charge in [-0.25, -0.2) is 0 Å². The van der Waals surface area contributed by atoms with Gasteiger partial charge in [-0.1, -0.05) is 68.4 Å². The number of hydrogen-bond acceptors (Lipinski definition) is 3. The molecule has 3 N–H and O–H groups in total. The molecule has 27 heavy (non-hydrogen) atoms. The van der Waals surface area contributed by atoms with Crippen LogP contribution in [0.25, 0.3) is 0 Å². The Morgan fingerprint density at radius 2 is 1.74 bits per heavy atom. The Morgan fingerprint density at radius 3 is 2.15 bits per heavy atom. The number of likely N-dealkylation sites (tertiary alicyclic amines) is 1. The normalized spacial score (nSPS) is 24.4. The molecule has 0 spiro atoms. The van der Waals surface area contributed by atoms with Crippen LogP contribution in [0.4, 0.5) is 0 Å². The second kappa shape index (κ2) is 10.7. The highest BCUT2D eigenvalue weighted by molar-refractivity contribution is 5.89. The van der Waals surface area contributed by atoms with Crippen molar-refractivity contribution in [3.05, 3.63) is 12.8 Å². The second-order valence-corrected chi connectivity index (χ2v) is 9.42. The summed E-state index contributed by atoms with van der Waals surface area (Å²) >= 11 is 0. The third-order valence-electron chi connectivity index (χ3n) is 5.03. The van der Waals surface area contributed by atoms with Gasteiger partial charge in [0.15, 0.2) is 0 Å². The summed E-state index contributed by atoms with van der Waals surface area (Å²) in [5, 5.41) is 2.98. The largest absolute Gasteiger partial charge is 0.405 e. The van der Waals surface area contributed by atoms with Crippen LogP contribution in [0.3, 0.4) is 0 Å². The first-order chi connectivity index (χ1) is 12.4. The van der Waals surface area contributed by atoms with Gasteiger partial charge in [-0.05, 0) is 35.3 Å². The molecule has 1 aliphatic heterocycles. The molecule has 2 aliphatic rings. The van der Waals surface area contributed by atoms with E-state index in [1.54, 1.807) is 0 Å². The smallest absolute Gasteiger partial charge is 0.243 e. The Bertz CT molecular complexity index is 494. The predicted octanol–water partition coefficient (Wildman–Crippen LogP) is 3.94. The van der Waals surface area contributed by atoms with E-state index in [0.717, 1.165) is 13.0 Å². The van der Waals surface area contributed by atoms with E-state index >= 15 is 0 Å². The van der Waals surface area contributed by atoms with Gasteiger partial charge in [0.25, 0.3) is 0 Å². The van der Waals surface area contributed by atoms with Gasteiger partial charge in [0.1, 0.15) is 6.04 Å². The number of nitrogens with two attached hydrogens (primary N) is 1. The SMILES string of the molecule is C=CN.CCC.CCCNC(=O)[C@@H]1[C@@H]2[C@H](CN1C(=O)CC(C)(C)C)C2(C)C. The molecular formula is C22H43N3O2. The fourth-order valence-corrected chi connectivity index (χ4v) is 3.75. The Balaban J connectivity index is 0.000000997. The van der Waals surface area contributed by atoms with E-state index < -0.39 is 0 Å². The van der Waals surface area contributed by atoms with Gasteiger partial charge in [0.05, 0.1) is 0 Å². The molecule has 1 saturated carbocycles. The van der Waals surface area contributed by atoms with E-state index in [1.807, 2.05) is 11.8 Å². The summed E-state index contributed by atoms with van der Waals surface area (Å²) in [5.74, 6) is 0.983. The zero-order chi connectivity index (χ0) is 21.4. The zero-order valence-electron chi connectivity index (χ0n) is 18.9. The Kier molecular flexibility index (Phi) is 10.1. The summed E-state index contributed by atoms with van der Waals surface area (Å²) in [6.07, 6.45) is 3.93. The van der Waals surface area contributed by atoms with E-state index in [2.05, 4.69) is 66.1 Å². The van der Waals surface area contributed by atoms with Crippen LogP contribution >= 0.6 is 0 Å². The van der Waals surface area contributed by atoms with Crippen molar-refractivity contribution in [1.29, 1.82) is 0 Å². The topological polar surface area (TPSA) is 75.4 Å². The lowest BCUT2D eigenvalue weighted by Crippen LogP contribution is -2.50. The molecule has 1 saturated heterocycles. The summed E-state index contributed by atoms with van der Waals surface area (Å²) in [5.41, 5.74) is 4.77. The number of piperidine rings is 1. The maximum absolute atomic E-state index is 12.6. The molecule has 0 aromatic rings. The molecule has 2 amide bonds. The Hall–Kier alpha value is -1.52. The third-order valence-corrected chi connectivity index (χ3v) is 5.03.